The Labute approximate surface area is 168 Å². The summed E-state index contributed by atoms with van der Waals surface area (Å²) < 4.78 is 77.9. The second-order valence-corrected chi connectivity index (χ2v) is 7.31. The van der Waals surface area contributed by atoms with Crippen LogP contribution < -0.4 is 10.6 Å². The highest BCUT2D eigenvalue weighted by Crippen LogP contribution is 2.38. The van der Waals surface area contributed by atoms with Gasteiger partial charge in [-0.1, -0.05) is 24.3 Å². The zero-order valence-corrected chi connectivity index (χ0v) is 16.0. The van der Waals surface area contributed by atoms with E-state index in [0.29, 0.717) is 18.6 Å². The normalized spacial score (nSPS) is 19.0. The number of carbonyl (C=O) groups excluding carboxylic acids is 1. The highest BCUT2D eigenvalue weighted by molar-refractivity contribution is 5.90. The van der Waals surface area contributed by atoms with Gasteiger partial charge in [0.2, 0.25) is 0 Å². The molecule has 3 rings (SSSR count). The number of anilines is 1. The summed E-state index contributed by atoms with van der Waals surface area (Å²) in [7, 11) is 3.64. The third-order valence-corrected chi connectivity index (χ3v) is 4.91. The molecule has 2 N–H and O–H groups in total. The van der Waals surface area contributed by atoms with E-state index < -0.39 is 41.2 Å². The number of nitrogens with zero attached hydrogens (tertiary/aromatic N) is 1. The molecule has 2 atom stereocenters. The fraction of sp³-hybridized carbons (Fsp3) is 0.350. The first-order valence-corrected chi connectivity index (χ1v) is 8.97. The maximum Gasteiger partial charge on any atom is 0.416 e. The lowest BCUT2D eigenvalue weighted by molar-refractivity contribution is -0.143. The molecule has 2 aromatic rings. The summed E-state index contributed by atoms with van der Waals surface area (Å²) in [6, 6.07) is 7.04. The smallest absolute Gasteiger partial charge is 0.333 e. The second kappa shape index (κ2) is 7.82. The molecule has 4 nitrogen and oxygen atoms in total. The summed E-state index contributed by atoms with van der Waals surface area (Å²) in [4.78, 5) is 14.3. The van der Waals surface area contributed by atoms with Crippen LogP contribution in [0.5, 0.6) is 0 Å². The average Bonchev–Trinajstić information content (AvgIpc) is 2.97. The predicted molar refractivity (Wildman–Crippen MR) is 99.0 cm³/mol. The van der Waals surface area contributed by atoms with E-state index in [9.17, 15) is 31.1 Å². The molecule has 1 aliphatic rings. The van der Waals surface area contributed by atoms with Gasteiger partial charge in [-0.15, -0.1) is 0 Å². The van der Waals surface area contributed by atoms with Gasteiger partial charge < -0.3 is 15.5 Å². The number of hydrogen-bond donors (Lipinski definition) is 2. The summed E-state index contributed by atoms with van der Waals surface area (Å²) >= 11 is 0. The molecule has 0 spiro atoms. The second-order valence-electron chi connectivity index (χ2n) is 7.31. The van der Waals surface area contributed by atoms with E-state index in [1.54, 1.807) is 0 Å². The number of hydrogen-bond acceptors (Lipinski definition) is 2. The molecule has 0 aliphatic heterocycles. The van der Waals surface area contributed by atoms with Gasteiger partial charge in [0.25, 0.3) is 0 Å². The quantitative estimate of drug-likeness (QED) is 0.667. The SMILES string of the molecule is CN(C)[C@H]1c2ccccc2C[C@@H]1NC(=O)Nc1cc(C(F)(F)F)cc(C(F)(F)F)c1. The fourth-order valence-electron chi connectivity index (χ4n) is 3.70. The molecule has 10 heteroatoms. The van der Waals surface area contributed by atoms with Crippen LogP contribution in [0.4, 0.5) is 36.8 Å². The van der Waals surface area contributed by atoms with E-state index >= 15 is 0 Å². The molecule has 162 valence electrons. The number of benzene rings is 2. The van der Waals surface area contributed by atoms with E-state index in [4.69, 9.17) is 0 Å². The maximum absolute atomic E-state index is 13.0. The van der Waals surface area contributed by atoms with Crippen molar-refractivity contribution in [2.75, 3.05) is 19.4 Å². The number of urea groups is 1. The minimum absolute atomic E-state index is 0.0127. The molecular formula is C20H19F6N3O. The number of alkyl halides is 6. The Bertz CT molecular complexity index is 907. The van der Waals surface area contributed by atoms with Crippen molar-refractivity contribution in [1.29, 1.82) is 0 Å². The van der Waals surface area contributed by atoms with Crippen LogP contribution in [-0.2, 0) is 18.8 Å². The van der Waals surface area contributed by atoms with Crippen LogP contribution in [0.15, 0.2) is 42.5 Å². The topological polar surface area (TPSA) is 44.4 Å². The highest BCUT2D eigenvalue weighted by atomic mass is 19.4. The first kappa shape index (κ1) is 21.9. The maximum atomic E-state index is 13.0. The molecule has 0 aromatic heterocycles. The van der Waals surface area contributed by atoms with Crippen molar-refractivity contribution >= 4 is 11.7 Å². The molecule has 0 bridgehead atoms. The minimum atomic E-state index is -4.99. The van der Waals surface area contributed by atoms with Gasteiger partial charge in [-0.25, -0.2) is 4.79 Å². The lowest BCUT2D eigenvalue weighted by Crippen LogP contribution is -2.44. The number of halogens is 6. The van der Waals surface area contributed by atoms with Crippen molar-refractivity contribution in [2.45, 2.75) is 30.9 Å². The number of nitrogens with one attached hydrogen (secondary N) is 2. The summed E-state index contributed by atoms with van der Waals surface area (Å²) in [5.41, 5.74) is -1.56. The first-order chi connectivity index (χ1) is 13.9. The Morgan fingerprint density at radius 2 is 1.53 bits per heavy atom. The Balaban J connectivity index is 1.81. The van der Waals surface area contributed by atoms with Crippen molar-refractivity contribution < 1.29 is 31.1 Å². The Morgan fingerprint density at radius 3 is 2.07 bits per heavy atom. The number of likely N-dealkylation sites (N-methyl/N-ethyl adjacent to an activating group) is 1. The number of fused-ring (bicyclic) bond motifs is 1. The third-order valence-electron chi connectivity index (χ3n) is 4.91. The Morgan fingerprint density at radius 1 is 0.967 bits per heavy atom. The molecule has 1 aliphatic carbocycles. The minimum Gasteiger partial charge on any atom is -0.333 e. The van der Waals surface area contributed by atoms with Gasteiger partial charge >= 0.3 is 18.4 Å². The van der Waals surface area contributed by atoms with Gasteiger partial charge in [0, 0.05) is 5.69 Å². The van der Waals surface area contributed by atoms with Crippen LogP contribution in [0, 0.1) is 0 Å². The van der Waals surface area contributed by atoms with Gasteiger partial charge in [0.15, 0.2) is 0 Å². The van der Waals surface area contributed by atoms with E-state index in [0.717, 1.165) is 11.1 Å². The fourth-order valence-corrected chi connectivity index (χ4v) is 3.70. The molecular weight excluding hydrogens is 412 g/mol. The molecule has 0 radical (unpaired) electrons. The van der Waals surface area contributed by atoms with Gasteiger partial charge in [-0.05, 0) is 49.8 Å². The van der Waals surface area contributed by atoms with Crippen LogP contribution >= 0.6 is 0 Å². The molecule has 2 amide bonds. The Hall–Kier alpha value is -2.75. The van der Waals surface area contributed by atoms with Gasteiger partial charge in [-0.2, -0.15) is 26.3 Å². The van der Waals surface area contributed by atoms with E-state index in [1.807, 2.05) is 43.3 Å². The van der Waals surface area contributed by atoms with Gasteiger partial charge in [-0.3, -0.25) is 0 Å². The number of rotatable bonds is 3. The molecule has 0 saturated heterocycles. The number of amides is 2. The Kier molecular flexibility index (Phi) is 5.72. The van der Waals surface area contributed by atoms with E-state index in [-0.39, 0.29) is 12.1 Å². The first-order valence-electron chi connectivity index (χ1n) is 8.97. The molecule has 30 heavy (non-hydrogen) atoms. The van der Waals surface area contributed by atoms with Crippen LogP contribution in [0.25, 0.3) is 0 Å². The van der Waals surface area contributed by atoms with E-state index in [2.05, 4.69) is 10.6 Å². The summed E-state index contributed by atoms with van der Waals surface area (Å²) in [5.74, 6) is 0. The molecule has 0 heterocycles. The zero-order valence-electron chi connectivity index (χ0n) is 16.0. The van der Waals surface area contributed by atoms with Crippen molar-refractivity contribution in [2.24, 2.45) is 0 Å². The third kappa shape index (κ3) is 4.69. The molecule has 0 saturated carbocycles. The largest absolute Gasteiger partial charge is 0.416 e. The zero-order chi connectivity index (χ0) is 22.3. The van der Waals surface area contributed by atoms with Crippen molar-refractivity contribution in [3.8, 4) is 0 Å². The van der Waals surface area contributed by atoms with E-state index in [1.165, 1.54) is 0 Å². The van der Waals surface area contributed by atoms with Crippen molar-refractivity contribution in [1.82, 2.24) is 10.2 Å². The molecule has 0 unspecified atom stereocenters. The monoisotopic (exact) mass is 431 g/mol. The lowest BCUT2D eigenvalue weighted by Gasteiger charge is -2.28. The molecule has 2 aromatic carbocycles. The number of carbonyl (C=O) groups is 1. The van der Waals surface area contributed by atoms with Crippen LogP contribution in [0.1, 0.15) is 28.3 Å². The molecule has 0 fully saturated rings. The standard InChI is InChI=1S/C20H19F6N3O/c1-29(2)17-15-6-4-3-5-11(15)7-16(17)28-18(30)27-14-9-12(19(21,22)23)8-13(10-14)20(24,25)26/h3-6,8-10,16-17H,7H2,1-2H3,(H2,27,28,30)/t16-,17-/m0/s1. The summed E-state index contributed by atoms with van der Waals surface area (Å²) in [6.45, 7) is 0. The lowest BCUT2D eigenvalue weighted by atomic mass is 10.1. The van der Waals surface area contributed by atoms with Gasteiger partial charge in [0.1, 0.15) is 0 Å². The highest BCUT2D eigenvalue weighted by Gasteiger charge is 2.38. The average molecular weight is 431 g/mol. The van der Waals surface area contributed by atoms with Crippen molar-refractivity contribution in [3.05, 3.63) is 64.7 Å². The van der Waals surface area contributed by atoms with Crippen LogP contribution in [-0.4, -0.2) is 31.1 Å². The van der Waals surface area contributed by atoms with Crippen LogP contribution in [0.3, 0.4) is 0 Å². The predicted octanol–water partition coefficient (Wildman–Crippen LogP) is 5.07. The van der Waals surface area contributed by atoms with Crippen molar-refractivity contribution in [3.63, 3.8) is 0 Å². The van der Waals surface area contributed by atoms with Gasteiger partial charge in [0.05, 0.1) is 23.2 Å². The van der Waals surface area contributed by atoms with Crippen LogP contribution in [0.2, 0.25) is 0 Å². The summed E-state index contributed by atoms with van der Waals surface area (Å²) in [6.07, 6.45) is -9.49. The summed E-state index contributed by atoms with van der Waals surface area (Å²) in [5, 5.41) is 4.78.